The average Bonchev–Trinajstić information content (AvgIpc) is 3.00. The molecule has 7 heteroatoms. The number of carboxylic acid groups (broad SMARTS) is 1. The molecule has 0 aliphatic carbocycles. The molecule has 1 heterocycles. The van der Waals surface area contributed by atoms with Gasteiger partial charge < -0.3 is 5.11 Å². The van der Waals surface area contributed by atoms with E-state index in [1.165, 1.54) is 42.6 Å². The van der Waals surface area contributed by atoms with Gasteiger partial charge in [-0.15, -0.1) is 0 Å². The summed E-state index contributed by atoms with van der Waals surface area (Å²) in [5.41, 5.74) is 1.33. The van der Waals surface area contributed by atoms with Gasteiger partial charge in [-0.05, 0) is 43.7 Å². The Bertz CT molecular complexity index is 1160. The van der Waals surface area contributed by atoms with Crippen LogP contribution in [-0.4, -0.2) is 23.5 Å². The lowest BCUT2D eigenvalue weighted by molar-refractivity contribution is -0.132. The third-order valence-corrected chi connectivity index (χ3v) is 6.03. The van der Waals surface area contributed by atoms with Gasteiger partial charge in [-0.3, -0.25) is 0 Å². The summed E-state index contributed by atoms with van der Waals surface area (Å²) in [4.78, 5) is 11.4. The number of carboxylic acids is 1. The number of aromatic nitrogens is 1. The smallest absolute Gasteiger partial charge is 0.331 e. The van der Waals surface area contributed by atoms with E-state index in [2.05, 4.69) is 0 Å². The molecule has 0 aliphatic heterocycles. The van der Waals surface area contributed by atoms with Crippen molar-refractivity contribution in [1.82, 2.24) is 3.97 Å². The molecule has 2 aromatic carbocycles. The van der Waals surface area contributed by atoms with Gasteiger partial charge in [-0.25, -0.2) is 21.6 Å². The Hall–Kier alpha value is -2.93. The highest BCUT2D eigenvalue weighted by Crippen LogP contribution is 2.30. The highest BCUT2D eigenvalue weighted by molar-refractivity contribution is 7.90. The van der Waals surface area contributed by atoms with Crippen molar-refractivity contribution < 1.29 is 22.7 Å². The maximum Gasteiger partial charge on any atom is 0.331 e. The van der Waals surface area contributed by atoms with Gasteiger partial charge in [0, 0.05) is 22.7 Å². The second kappa shape index (κ2) is 7.00. The van der Waals surface area contributed by atoms with Gasteiger partial charge in [0.2, 0.25) is 0 Å². The van der Waals surface area contributed by atoms with Crippen LogP contribution in [0, 0.1) is 12.7 Å². The Labute approximate surface area is 156 Å². The first-order chi connectivity index (χ1) is 12.8. The van der Waals surface area contributed by atoms with Crippen LogP contribution >= 0.6 is 0 Å². The first kappa shape index (κ1) is 18.8. The first-order valence-electron chi connectivity index (χ1n) is 8.31. The van der Waals surface area contributed by atoms with Crippen LogP contribution in [0.3, 0.4) is 0 Å². The molecule has 0 unspecified atom stereocenters. The van der Waals surface area contributed by atoms with Crippen LogP contribution in [0.1, 0.15) is 24.5 Å². The monoisotopic (exact) mass is 387 g/mol. The van der Waals surface area contributed by atoms with Gasteiger partial charge in [0.05, 0.1) is 10.4 Å². The molecule has 0 saturated heterocycles. The number of rotatable bonds is 5. The zero-order chi connectivity index (χ0) is 19.8. The molecule has 5 nitrogen and oxygen atoms in total. The number of aryl methyl sites for hydroxylation is 1. The van der Waals surface area contributed by atoms with Crippen molar-refractivity contribution in [3.63, 3.8) is 0 Å². The summed E-state index contributed by atoms with van der Waals surface area (Å²) in [5, 5.41) is 9.33. The lowest BCUT2D eigenvalue weighted by atomic mass is 10.1. The third kappa shape index (κ3) is 3.38. The zero-order valence-corrected chi connectivity index (χ0v) is 15.6. The quantitative estimate of drug-likeness (QED) is 0.666. The van der Waals surface area contributed by atoms with Gasteiger partial charge >= 0.3 is 5.97 Å². The molecule has 3 aromatic rings. The van der Waals surface area contributed by atoms with Crippen LogP contribution in [-0.2, 0) is 14.8 Å². The van der Waals surface area contributed by atoms with Gasteiger partial charge in [0.15, 0.2) is 0 Å². The molecule has 1 aromatic heterocycles. The van der Waals surface area contributed by atoms with Crippen molar-refractivity contribution in [2.45, 2.75) is 25.2 Å². The number of hydrogen-bond donors (Lipinski definition) is 1. The molecular weight excluding hydrogens is 369 g/mol. The number of fused-ring (bicyclic) bond motifs is 1. The van der Waals surface area contributed by atoms with Gasteiger partial charge in [0.25, 0.3) is 10.0 Å². The Morgan fingerprint density at radius 2 is 1.85 bits per heavy atom. The zero-order valence-electron chi connectivity index (χ0n) is 14.8. The molecule has 0 bridgehead atoms. The van der Waals surface area contributed by atoms with E-state index in [9.17, 15) is 22.7 Å². The van der Waals surface area contributed by atoms with E-state index in [1.807, 2.05) is 6.92 Å². The van der Waals surface area contributed by atoms with E-state index >= 15 is 0 Å². The number of halogens is 1. The topological polar surface area (TPSA) is 76.4 Å². The van der Waals surface area contributed by atoms with Crippen LogP contribution in [0.25, 0.3) is 17.0 Å². The van der Waals surface area contributed by atoms with Crippen LogP contribution in [0.2, 0.25) is 0 Å². The predicted molar refractivity (Wildman–Crippen MR) is 102 cm³/mol. The average molecular weight is 387 g/mol. The van der Waals surface area contributed by atoms with E-state index in [0.29, 0.717) is 0 Å². The summed E-state index contributed by atoms with van der Waals surface area (Å²) >= 11 is 0. The lowest BCUT2D eigenvalue weighted by Crippen LogP contribution is -2.11. The summed E-state index contributed by atoms with van der Waals surface area (Å²) in [6.07, 6.45) is 2.80. The minimum Gasteiger partial charge on any atom is -0.478 e. The van der Waals surface area contributed by atoms with Gasteiger partial charge in [0.1, 0.15) is 5.82 Å². The van der Waals surface area contributed by atoms with Crippen LogP contribution in [0.15, 0.2) is 59.1 Å². The fraction of sp³-hybridized carbons (Fsp3) is 0.150. The summed E-state index contributed by atoms with van der Waals surface area (Å²) in [6, 6.07) is 10.5. The summed E-state index contributed by atoms with van der Waals surface area (Å²) in [7, 11) is -3.97. The molecular formula is C20H18FNO4S. The summed E-state index contributed by atoms with van der Waals surface area (Å²) in [6.45, 7) is 3.51. The van der Waals surface area contributed by atoms with Gasteiger partial charge in [-0.2, -0.15) is 0 Å². The minimum absolute atomic E-state index is 0.0602. The molecule has 0 radical (unpaired) electrons. The second-order valence-electron chi connectivity index (χ2n) is 6.16. The maximum atomic E-state index is 14.5. The maximum absolute atomic E-state index is 14.5. The number of benzene rings is 2. The molecule has 0 saturated carbocycles. The molecule has 3 rings (SSSR count). The fourth-order valence-electron chi connectivity index (χ4n) is 2.88. The number of carbonyl (C=O) groups is 1. The third-order valence-electron chi connectivity index (χ3n) is 4.34. The molecule has 140 valence electrons. The van der Waals surface area contributed by atoms with Crippen molar-refractivity contribution >= 4 is 33.0 Å². The SMILES string of the molecule is CCC(=Cc1cn(S(=O)(=O)c2ccc(C)cc2)c2cccc(F)c12)C(=O)O. The van der Waals surface area contributed by atoms with E-state index in [0.717, 1.165) is 9.54 Å². The second-order valence-corrected chi connectivity index (χ2v) is 7.98. The summed E-state index contributed by atoms with van der Waals surface area (Å²) < 4.78 is 41.6. The van der Waals surface area contributed by atoms with E-state index < -0.39 is 21.8 Å². The largest absolute Gasteiger partial charge is 0.478 e. The molecule has 1 N–H and O–H groups in total. The van der Waals surface area contributed by atoms with Crippen LogP contribution in [0.5, 0.6) is 0 Å². The van der Waals surface area contributed by atoms with Crippen molar-refractivity contribution in [1.29, 1.82) is 0 Å². The molecule has 0 aliphatic rings. The number of nitrogens with zero attached hydrogens (tertiary/aromatic N) is 1. The highest BCUT2D eigenvalue weighted by Gasteiger charge is 2.22. The minimum atomic E-state index is -3.97. The molecule has 0 atom stereocenters. The number of hydrogen-bond acceptors (Lipinski definition) is 3. The van der Waals surface area contributed by atoms with Crippen LogP contribution in [0.4, 0.5) is 4.39 Å². The highest BCUT2D eigenvalue weighted by atomic mass is 32.2. The van der Waals surface area contributed by atoms with E-state index in [-0.39, 0.29) is 33.4 Å². The molecule has 27 heavy (non-hydrogen) atoms. The Balaban J connectivity index is 2.31. The van der Waals surface area contributed by atoms with Crippen LogP contribution < -0.4 is 0 Å². The number of aliphatic carboxylic acids is 1. The lowest BCUT2D eigenvalue weighted by Gasteiger charge is -2.07. The molecule has 0 fully saturated rings. The standard InChI is InChI=1S/C20H18FNO4S/c1-3-14(20(23)24)11-15-12-22(18-6-4-5-17(21)19(15)18)27(25,26)16-9-7-13(2)8-10-16/h4-12H,3H2,1-2H3,(H,23,24). The normalized spacial score (nSPS) is 12.5. The fourth-order valence-corrected chi connectivity index (χ4v) is 4.25. The van der Waals surface area contributed by atoms with Crippen molar-refractivity contribution in [3.8, 4) is 0 Å². The Kier molecular flexibility index (Phi) is 4.89. The first-order valence-corrected chi connectivity index (χ1v) is 9.75. The molecule has 0 spiro atoms. The predicted octanol–water partition coefficient (Wildman–Crippen LogP) is 4.20. The Morgan fingerprint density at radius 3 is 2.44 bits per heavy atom. The Morgan fingerprint density at radius 1 is 1.19 bits per heavy atom. The van der Waals surface area contributed by atoms with Crippen molar-refractivity contribution in [2.24, 2.45) is 0 Å². The van der Waals surface area contributed by atoms with E-state index in [1.54, 1.807) is 19.1 Å². The van der Waals surface area contributed by atoms with Gasteiger partial charge in [-0.1, -0.05) is 30.7 Å². The van der Waals surface area contributed by atoms with Crippen molar-refractivity contribution in [3.05, 3.63) is 71.2 Å². The van der Waals surface area contributed by atoms with E-state index in [4.69, 9.17) is 0 Å². The summed E-state index contributed by atoms with van der Waals surface area (Å²) in [5.74, 6) is -1.74. The van der Waals surface area contributed by atoms with Crippen molar-refractivity contribution in [2.75, 3.05) is 0 Å². The molecule has 0 amide bonds.